The molecule has 0 saturated heterocycles. The molecular weight excluding hydrogens is 502 g/mol. The lowest BCUT2D eigenvalue weighted by Crippen LogP contribution is -2.14. The molecule has 0 saturated carbocycles. The largest absolute Gasteiger partial charge is 0.439 e. The van der Waals surface area contributed by atoms with E-state index in [9.17, 15) is 4.79 Å². The molecule has 0 bridgehead atoms. The molecule has 3 aromatic heterocycles. The number of rotatable bonds is 8. The topological polar surface area (TPSA) is 111 Å². The number of nitrogens with zero attached hydrogens (tertiary/aromatic N) is 5. The molecule has 0 aliphatic rings. The summed E-state index contributed by atoms with van der Waals surface area (Å²) in [7, 11) is 4.02. The number of nitrogen functional groups attached to an aromatic ring is 1. The van der Waals surface area contributed by atoms with Crippen molar-refractivity contribution in [3.63, 3.8) is 0 Å². The number of hydrogen-bond acceptors (Lipinski definition) is 7. The van der Waals surface area contributed by atoms with Crippen molar-refractivity contribution in [3.8, 4) is 33.9 Å². The number of carbonyl (C=O) groups excluding carboxylic acids is 1. The third-order valence-corrected chi connectivity index (χ3v) is 6.36. The highest BCUT2D eigenvalue weighted by Gasteiger charge is 2.24. The van der Waals surface area contributed by atoms with Crippen molar-refractivity contribution in [3.05, 3.63) is 96.6 Å². The van der Waals surface area contributed by atoms with Gasteiger partial charge in [-0.15, -0.1) is 0 Å². The van der Waals surface area contributed by atoms with Gasteiger partial charge in [0.1, 0.15) is 17.6 Å². The van der Waals surface area contributed by atoms with Gasteiger partial charge in [0.25, 0.3) is 5.91 Å². The lowest BCUT2D eigenvalue weighted by Gasteiger charge is -2.14. The van der Waals surface area contributed by atoms with Crippen LogP contribution < -0.4 is 15.8 Å². The van der Waals surface area contributed by atoms with Crippen LogP contribution in [0, 0.1) is 6.92 Å². The van der Waals surface area contributed by atoms with Crippen LogP contribution >= 0.6 is 0 Å². The molecule has 0 fully saturated rings. The fraction of sp³-hybridized carbons (Fsp3) is 0.161. The number of benzene rings is 2. The molecule has 0 radical (unpaired) electrons. The van der Waals surface area contributed by atoms with Gasteiger partial charge in [-0.1, -0.05) is 36.9 Å². The van der Waals surface area contributed by atoms with Crippen LogP contribution in [0.1, 0.15) is 18.3 Å². The molecule has 1 amide bonds. The summed E-state index contributed by atoms with van der Waals surface area (Å²) in [5, 5.41) is 7.45. The van der Waals surface area contributed by atoms with Crippen LogP contribution in [0.5, 0.6) is 11.6 Å². The third-order valence-electron chi connectivity index (χ3n) is 6.36. The Morgan fingerprint density at radius 2 is 1.70 bits per heavy atom. The summed E-state index contributed by atoms with van der Waals surface area (Å²) in [5.41, 5.74) is 13.9. The minimum absolute atomic E-state index is 0.220. The smallest absolute Gasteiger partial charge is 0.250 e. The van der Waals surface area contributed by atoms with Crippen LogP contribution in [0.2, 0.25) is 0 Å². The van der Waals surface area contributed by atoms with E-state index in [0.29, 0.717) is 35.3 Å². The number of aromatic nitrogens is 4. The second-order valence-corrected chi connectivity index (χ2v) is 9.90. The predicted octanol–water partition coefficient (Wildman–Crippen LogP) is 5.72. The average Bonchev–Trinajstić information content (AvgIpc) is 3.24. The quantitative estimate of drug-likeness (QED) is 0.246. The summed E-state index contributed by atoms with van der Waals surface area (Å²) < 4.78 is 7.85. The molecule has 0 aliphatic carbocycles. The Morgan fingerprint density at radius 1 is 1.02 bits per heavy atom. The Labute approximate surface area is 233 Å². The minimum Gasteiger partial charge on any atom is -0.439 e. The van der Waals surface area contributed by atoms with E-state index in [1.54, 1.807) is 6.92 Å². The van der Waals surface area contributed by atoms with Gasteiger partial charge in [-0.25, -0.2) is 14.5 Å². The van der Waals surface area contributed by atoms with Crippen molar-refractivity contribution >= 4 is 22.9 Å². The molecule has 3 heterocycles. The number of amides is 1. The molecule has 9 nitrogen and oxygen atoms in total. The molecule has 0 unspecified atom stereocenters. The highest BCUT2D eigenvalue weighted by molar-refractivity contribution is 6.03. The van der Waals surface area contributed by atoms with E-state index in [2.05, 4.69) is 31.9 Å². The van der Waals surface area contributed by atoms with Crippen LogP contribution in [0.15, 0.2) is 85.2 Å². The van der Waals surface area contributed by atoms with Gasteiger partial charge >= 0.3 is 0 Å². The van der Waals surface area contributed by atoms with E-state index in [1.807, 2.05) is 92.3 Å². The molecule has 40 heavy (non-hydrogen) atoms. The summed E-state index contributed by atoms with van der Waals surface area (Å²) in [5.74, 6) is 1.36. The van der Waals surface area contributed by atoms with Crippen LogP contribution in [-0.2, 0) is 11.3 Å². The first-order chi connectivity index (χ1) is 19.2. The minimum atomic E-state index is -0.220. The second-order valence-electron chi connectivity index (χ2n) is 9.90. The number of hydrogen-bond donors (Lipinski definition) is 2. The fourth-order valence-corrected chi connectivity index (χ4v) is 4.56. The highest BCUT2D eigenvalue weighted by Crippen LogP contribution is 2.42. The summed E-state index contributed by atoms with van der Waals surface area (Å²) in [6, 6.07) is 21.2. The Kier molecular flexibility index (Phi) is 7.31. The lowest BCUT2D eigenvalue weighted by molar-refractivity contribution is -0.112. The number of ether oxygens (including phenoxy) is 1. The first-order valence-electron chi connectivity index (χ1n) is 12.8. The maximum Gasteiger partial charge on any atom is 0.250 e. The first-order valence-corrected chi connectivity index (χ1v) is 12.8. The second kappa shape index (κ2) is 11.0. The molecule has 2 aromatic carbocycles. The number of anilines is 2. The van der Waals surface area contributed by atoms with Crippen molar-refractivity contribution < 1.29 is 9.53 Å². The van der Waals surface area contributed by atoms with E-state index in [1.165, 1.54) is 6.33 Å². The molecule has 9 heteroatoms. The highest BCUT2D eigenvalue weighted by atomic mass is 16.5. The van der Waals surface area contributed by atoms with Crippen molar-refractivity contribution in [2.45, 2.75) is 20.4 Å². The SMILES string of the molecule is C=C(C)C(=O)Nc1ccc(-c2c(-c3ccc(Oc4cccc(C)n4)cc3)c3c(N)ncnn3c2CN(C)C)cc1. The molecule has 0 atom stereocenters. The molecule has 202 valence electrons. The summed E-state index contributed by atoms with van der Waals surface area (Å²) >= 11 is 0. The van der Waals surface area contributed by atoms with Crippen LogP contribution in [0.25, 0.3) is 27.8 Å². The number of pyridine rings is 1. The lowest BCUT2D eigenvalue weighted by atomic mass is 9.95. The Morgan fingerprint density at radius 3 is 2.35 bits per heavy atom. The normalized spacial score (nSPS) is 11.1. The summed E-state index contributed by atoms with van der Waals surface area (Å²) in [6.45, 7) is 7.92. The van der Waals surface area contributed by atoms with Gasteiger partial charge in [-0.3, -0.25) is 4.79 Å². The van der Waals surface area contributed by atoms with Crippen LogP contribution in [-0.4, -0.2) is 44.5 Å². The van der Waals surface area contributed by atoms with Gasteiger partial charge in [-0.05, 0) is 69.4 Å². The van der Waals surface area contributed by atoms with Gasteiger partial charge in [0.15, 0.2) is 5.82 Å². The fourth-order valence-electron chi connectivity index (χ4n) is 4.56. The van der Waals surface area contributed by atoms with Gasteiger partial charge in [0, 0.05) is 40.7 Å². The average molecular weight is 534 g/mol. The molecular formula is C31H31N7O2. The van der Waals surface area contributed by atoms with Gasteiger partial charge in [0.05, 0.1) is 5.69 Å². The van der Waals surface area contributed by atoms with Crippen molar-refractivity contribution in [2.24, 2.45) is 0 Å². The number of nitrogens with two attached hydrogens (primary N) is 1. The van der Waals surface area contributed by atoms with Crippen molar-refractivity contribution in [1.29, 1.82) is 0 Å². The maximum absolute atomic E-state index is 12.1. The summed E-state index contributed by atoms with van der Waals surface area (Å²) in [4.78, 5) is 23.0. The molecule has 0 aliphatic heterocycles. The first kappa shape index (κ1) is 26.6. The van der Waals surface area contributed by atoms with Gasteiger partial charge in [-0.2, -0.15) is 5.10 Å². The molecule has 0 spiro atoms. The van der Waals surface area contributed by atoms with E-state index in [0.717, 1.165) is 39.2 Å². The standard InChI is InChI=1S/C31H31N7O2/c1-19(2)31(39)36-23-13-9-21(10-14-23)27-25(17-37(4)5)38-29(30(32)33-18-34-38)28(27)22-11-15-24(16-12-22)40-26-8-6-7-20(3)35-26/h6-16,18H,1,17H2,2-5H3,(H,36,39)(H2,32,33,34). The Bertz CT molecular complexity index is 1710. The maximum atomic E-state index is 12.1. The van der Waals surface area contributed by atoms with Gasteiger partial charge in [0.2, 0.25) is 5.88 Å². The Balaban J connectivity index is 1.64. The predicted molar refractivity (Wildman–Crippen MR) is 158 cm³/mol. The van der Waals surface area contributed by atoms with E-state index >= 15 is 0 Å². The number of nitrogens with one attached hydrogen (secondary N) is 1. The van der Waals surface area contributed by atoms with E-state index in [4.69, 9.17) is 10.5 Å². The summed E-state index contributed by atoms with van der Waals surface area (Å²) in [6.07, 6.45) is 1.47. The number of carbonyl (C=O) groups is 1. The molecule has 5 rings (SSSR count). The zero-order chi connectivity index (χ0) is 28.4. The Hall–Kier alpha value is -5.02. The molecule has 5 aromatic rings. The number of fused-ring (bicyclic) bond motifs is 1. The molecule has 3 N–H and O–H groups in total. The van der Waals surface area contributed by atoms with Crippen LogP contribution in [0.3, 0.4) is 0 Å². The van der Waals surface area contributed by atoms with E-state index < -0.39 is 0 Å². The van der Waals surface area contributed by atoms with Crippen molar-refractivity contribution in [2.75, 3.05) is 25.1 Å². The van der Waals surface area contributed by atoms with Crippen molar-refractivity contribution in [1.82, 2.24) is 24.5 Å². The third kappa shape index (κ3) is 5.41. The van der Waals surface area contributed by atoms with Gasteiger partial charge < -0.3 is 20.7 Å². The monoisotopic (exact) mass is 533 g/mol. The van der Waals surface area contributed by atoms with Crippen LogP contribution in [0.4, 0.5) is 11.5 Å². The zero-order valence-corrected chi connectivity index (χ0v) is 23.0. The zero-order valence-electron chi connectivity index (χ0n) is 23.0. The van der Waals surface area contributed by atoms with E-state index in [-0.39, 0.29) is 5.91 Å². The number of aryl methyl sites for hydroxylation is 1.